The van der Waals surface area contributed by atoms with Gasteiger partial charge >= 0.3 is 5.97 Å². The highest BCUT2D eigenvalue weighted by Gasteiger charge is 2.20. The fourth-order valence-electron chi connectivity index (χ4n) is 2.01. The first kappa shape index (κ1) is 14.2. The topological polar surface area (TPSA) is 55.6 Å². The van der Waals surface area contributed by atoms with Crippen molar-refractivity contribution in [1.29, 1.82) is 0 Å². The second-order valence-electron chi connectivity index (χ2n) is 4.29. The Hall–Kier alpha value is -2.20. The van der Waals surface area contributed by atoms with E-state index < -0.39 is 5.97 Å². The van der Waals surface area contributed by atoms with Crippen LogP contribution >= 0.6 is 11.6 Å². The van der Waals surface area contributed by atoms with Crippen LogP contribution in [-0.2, 0) is 4.74 Å². The van der Waals surface area contributed by atoms with Gasteiger partial charge < -0.3 is 15.4 Å². The predicted octanol–water partition coefficient (Wildman–Crippen LogP) is 3.48. The molecule has 4 nitrogen and oxygen atoms in total. The molecule has 0 aliphatic rings. The zero-order chi connectivity index (χ0) is 14.7. The summed E-state index contributed by atoms with van der Waals surface area (Å²) in [5.74, 6) is -0.475. The fraction of sp³-hybridized carbons (Fsp3) is 0.133. The first-order chi connectivity index (χ1) is 9.54. The molecule has 2 aromatic carbocycles. The Balaban J connectivity index is 2.58. The first-order valence-corrected chi connectivity index (χ1v) is 6.38. The summed E-state index contributed by atoms with van der Waals surface area (Å²) in [4.78, 5) is 13.7. The number of carbonyl (C=O) groups is 1. The van der Waals surface area contributed by atoms with Gasteiger partial charge in [0.15, 0.2) is 0 Å². The maximum atomic E-state index is 11.9. The Labute approximate surface area is 122 Å². The molecule has 0 atom stereocenters. The molecule has 5 heteroatoms. The molecule has 0 bridgehead atoms. The van der Waals surface area contributed by atoms with Crippen molar-refractivity contribution in [2.45, 2.75) is 0 Å². The van der Waals surface area contributed by atoms with E-state index in [0.29, 0.717) is 22.0 Å². The number of methoxy groups -OCH3 is 1. The maximum Gasteiger partial charge on any atom is 0.340 e. The number of nitrogen functional groups attached to an aromatic ring is 1. The monoisotopic (exact) mass is 290 g/mol. The minimum Gasteiger partial charge on any atom is -0.465 e. The largest absolute Gasteiger partial charge is 0.465 e. The quantitative estimate of drug-likeness (QED) is 0.694. The molecule has 104 valence electrons. The Kier molecular flexibility index (Phi) is 4.15. The summed E-state index contributed by atoms with van der Waals surface area (Å²) in [5.41, 5.74) is 7.98. The van der Waals surface area contributed by atoms with Crippen molar-refractivity contribution in [2.24, 2.45) is 0 Å². The summed E-state index contributed by atoms with van der Waals surface area (Å²) >= 11 is 6.25. The summed E-state index contributed by atoms with van der Waals surface area (Å²) in [7, 11) is 3.16. The van der Waals surface area contributed by atoms with E-state index in [0.717, 1.165) is 5.69 Å². The average Bonchev–Trinajstić information content (AvgIpc) is 2.46. The van der Waals surface area contributed by atoms with Crippen LogP contribution in [0.1, 0.15) is 10.4 Å². The lowest BCUT2D eigenvalue weighted by atomic mass is 10.1. The standard InChI is InChI=1S/C15H15ClN2O2/c1-18(11-6-4-3-5-7-11)14-12(15(19)20-2)8-10(17)9-13(14)16/h3-9H,17H2,1-2H3. The number of hydrogen-bond acceptors (Lipinski definition) is 4. The first-order valence-electron chi connectivity index (χ1n) is 6.00. The molecule has 2 aromatic rings. The Bertz CT molecular complexity index is 629. The highest BCUT2D eigenvalue weighted by molar-refractivity contribution is 6.34. The van der Waals surface area contributed by atoms with Gasteiger partial charge in [0.05, 0.1) is 23.4 Å². The number of hydrogen-bond donors (Lipinski definition) is 1. The number of rotatable bonds is 3. The van der Waals surface area contributed by atoms with Gasteiger partial charge in [0.1, 0.15) is 0 Å². The number of anilines is 3. The predicted molar refractivity (Wildman–Crippen MR) is 81.7 cm³/mol. The van der Waals surface area contributed by atoms with E-state index >= 15 is 0 Å². The number of benzene rings is 2. The third kappa shape index (κ3) is 2.70. The second-order valence-corrected chi connectivity index (χ2v) is 4.69. The van der Waals surface area contributed by atoms with Gasteiger partial charge in [0.25, 0.3) is 0 Å². The summed E-state index contributed by atoms with van der Waals surface area (Å²) in [5, 5.41) is 0.400. The van der Waals surface area contributed by atoms with E-state index in [4.69, 9.17) is 22.1 Å². The molecule has 0 radical (unpaired) electrons. The van der Waals surface area contributed by atoms with Gasteiger partial charge in [-0.05, 0) is 24.3 Å². The third-order valence-corrected chi connectivity index (χ3v) is 3.26. The molecule has 0 fully saturated rings. The zero-order valence-electron chi connectivity index (χ0n) is 11.3. The molecule has 0 saturated heterocycles. The van der Waals surface area contributed by atoms with Gasteiger partial charge in [-0.3, -0.25) is 0 Å². The smallest absolute Gasteiger partial charge is 0.340 e. The molecule has 0 aliphatic carbocycles. The minimum atomic E-state index is -0.475. The van der Waals surface area contributed by atoms with E-state index in [-0.39, 0.29) is 0 Å². The number of esters is 1. The SMILES string of the molecule is COC(=O)c1cc(N)cc(Cl)c1N(C)c1ccccc1. The normalized spacial score (nSPS) is 10.2. The number of nitrogens with zero attached hydrogens (tertiary/aromatic N) is 1. The average molecular weight is 291 g/mol. The zero-order valence-corrected chi connectivity index (χ0v) is 12.0. The van der Waals surface area contributed by atoms with Gasteiger partial charge in [0.2, 0.25) is 0 Å². The summed E-state index contributed by atoms with van der Waals surface area (Å²) < 4.78 is 4.79. The van der Waals surface area contributed by atoms with Gasteiger partial charge in [-0.15, -0.1) is 0 Å². The van der Waals surface area contributed by atoms with Crippen LogP contribution in [0.3, 0.4) is 0 Å². The van der Waals surface area contributed by atoms with Crippen LogP contribution in [-0.4, -0.2) is 20.1 Å². The van der Waals surface area contributed by atoms with Crippen LogP contribution < -0.4 is 10.6 Å². The van der Waals surface area contributed by atoms with Gasteiger partial charge in [-0.1, -0.05) is 29.8 Å². The van der Waals surface area contributed by atoms with Crippen LogP contribution in [0.5, 0.6) is 0 Å². The van der Waals surface area contributed by atoms with E-state index in [9.17, 15) is 4.79 Å². The molecule has 0 aromatic heterocycles. The molecular weight excluding hydrogens is 276 g/mol. The highest BCUT2D eigenvalue weighted by atomic mass is 35.5. The van der Waals surface area contributed by atoms with Crippen molar-refractivity contribution in [3.8, 4) is 0 Å². The van der Waals surface area contributed by atoms with Crippen LogP contribution in [0.25, 0.3) is 0 Å². The molecule has 0 amide bonds. The fourth-order valence-corrected chi connectivity index (χ4v) is 2.36. The minimum absolute atomic E-state index is 0.337. The molecule has 0 spiro atoms. The van der Waals surface area contributed by atoms with Crippen LogP contribution in [0.4, 0.5) is 17.1 Å². The molecule has 0 unspecified atom stereocenters. The molecular formula is C15H15ClN2O2. The Morgan fingerprint density at radius 3 is 2.50 bits per heavy atom. The van der Waals surface area contributed by atoms with Crippen molar-refractivity contribution in [2.75, 3.05) is 24.8 Å². The second kappa shape index (κ2) is 5.84. The molecule has 0 heterocycles. The number of ether oxygens (including phenoxy) is 1. The molecule has 2 N–H and O–H groups in total. The van der Waals surface area contributed by atoms with Crippen molar-refractivity contribution in [3.63, 3.8) is 0 Å². The summed E-state index contributed by atoms with van der Waals surface area (Å²) in [6.07, 6.45) is 0. The van der Waals surface area contributed by atoms with Crippen LogP contribution in [0, 0.1) is 0 Å². The van der Waals surface area contributed by atoms with E-state index in [1.807, 2.05) is 42.3 Å². The maximum absolute atomic E-state index is 11.9. The Morgan fingerprint density at radius 2 is 1.90 bits per heavy atom. The van der Waals surface area contributed by atoms with Crippen LogP contribution in [0.15, 0.2) is 42.5 Å². The van der Waals surface area contributed by atoms with E-state index in [1.165, 1.54) is 7.11 Å². The van der Waals surface area contributed by atoms with Gasteiger partial charge in [-0.25, -0.2) is 4.79 Å². The number of para-hydroxylation sites is 1. The van der Waals surface area contributed by atoms with Crippen molar-refractivity contribution in [3.05, 3.63) is 53.1 Å². The third-order valence-electron chi connectivity index (χ3n) is 2.97. The lowest BCUT2D eigenvalue weighted by Crippen LogP contribution is -2.16. The van der Waals surface area contributed by atoms with Gasteiger partial charge in [-0.2, -0.15) is 0 Å². The number of carbonyl (C=O) groups excluding carboxylic acids is 1. The van der Waals surface area contributed by atoms with Crippen molar-refractivity contribution in [1.82, 2.24) is 0 Å². The van der Waals surface area contributed by atoms with E-state index in [2.05, 4.69) is 0 Å². The summed E-state index contributed by atoms with van der Waals surface area (Å²) in [6.45, 7) is 0. The number of nitrogens with two attached hydrogens (primary N) is 1. The van der Waals surface area contributed by atoms with Crippen molar-refractivity contribution >= 4 is 34.6 Å². The molecule has 20 heavy (non-hydrogen) atoms. The van der Waals surface area contributed by atoms with E-state index in [1.54, 1.807) is 12.1 Å². The molecule has 0 aliphatic heterocycles. The van der Waals surface area contributed by atoms with Crippen LogP contribution in [0.2, 0.25) is 5.02 Å². The summed E-state index contributed by atoms with van der Waals surface area (Å²) in [6, 6.07) is 12.8. The molecule has 0 saturated carbocycles. The lowest BCUT2D eigenvalue weighted by molar-refractivity contribution is 0.0601. The Morgan fingerprint density at radius 1 is 1.25 bits per heavy atom. The molecule has 2 rings (SSSR count). The van der Waals surface area contributed by atoms with Crippen molar-refractivity contribution < 1.29 is 9.53 Å². The number of halogens is 1. The highest BCUT2D eigenvalue weighted by Crippen LogP contribution is 2.36. The lowest BCUT2D eigenvalue weighted by Gasteiger charge is -2.23. The van der Waals surface area contributed by atoms with Gasteiger partial charge in [0, 0.05) is 18.4 Å².